The molecule has 2 N–H and O–H groups in total. The number of carbonyl (C=O) groups is 3. The minimum atomic E-state index is -0.556. The monoisotopic (exact) mass is 354 g/mol. The van der Waals surface area contributed by atoms with Crippen LogP contribution in [0.1, 0.15) is 41.6 Å². The largest absolute Gasteiger partial charge is 0.368 e. The van der Waals surface area contributed by atoms with Crippen LogP contribution in [0.5, 0.6) is 0 Å². The normalized spacial score (nSPS) is 30.6. The first-order chi connectivity index (χ1) is 12.6. The molecular weight excluding hydrogens is 332 g/mol. The van der Waals surface area contributed by atoms with Gasteiger partial charge in [0.1, 0.15) is 6.04 Å². The van der Waals surface area contributed by atoms with Gasteiger partial charge in [-0.15, -0.1) is 0 Å². The summed E-state index contributed by atoms with van der Waals surface area (Å²) < 4.78 is 0. The molecule has 7 nitrogen and oxygen atoms in total. The first-order valence-corrected chi connectivity index (χ1v) is 9.37. The molecule has 0 aromatic heterocycles. The fourth-order valence-electron chi connectivity index (χ4n) is 4.86. The molecule has 4 aliphatic rings. The van der Waals surface area contributed by atoms with E-state index in [1.165, 1.54) is 12.8 Å². The summed E-state index contributed by atoms with van der Waals surface area (Å²) >= 11 is 0. The molecular formula is C19H22N4O3. The average Bonchev–Trinajstić information content (AvgIpc) is 3.14. The van der Waals surface area contributed by atoms with Gasteiger partial charge in [-0.1, -0.05) is 6.07 Å². The van der Waals surface area contributed by atoms with Crippen LogP contribution in [-0.2, 0) is 16.1 Å². The van der Waals surface area contributed by atoms with Crippen molar-refractivity contribution >= 4 is 23.4 Å². The van der Waals surface area contributed by atoms with E-state index in [2.05, 4.69) is 21.6 Å². The number of nitrogens with zero attached hydrogens (tertiary/aromatic N) is 2. The predicted octanol–water partition coefficient (Wildman–Crippen LogP) is 0.388. The van der Waals surface area contributed by atoms with Gasteiger partial charge >= 0.3 is 0 Å². The molecule has 7 heteroatoms. The summed E-state index contributed by atoms with van der Waals surface area (Å²) in [6.45, 7) is 2.36. The van der Waals surface area contributed by atoms with Gasteiger partial charge in [0.05, 0.1) is 0 Å². The van der Waals surface area contributed by atoms with Crippen LogP contribution in [0.25, 0.3) is 0 Å². The van der Waals surface area contributed by atoms with Crippen molar-refractivity contribution in [3.8, 4) is 0 Å². The Balaban J connectivity index is 1.44. The molecule has 1 aromatic rings. The summed E-state index contributed by atoms with van der Waals surface area (Å²) in [7, 11) is 0. The Kier molecular flexibility index (Phi) is 3.53. The van der Waals surface area contributed by atoms with E-state index in [4.69, 9.17) is 0 Å². The molecule has 3 amide bonds. The molecule has 1 aromatic carbocycles. The second kappa shape index (κ2) is 5.81. The lowest BCUT2D eigenvalue weighted by atomic mass is 10.0. The van der Waals surface area contributed by atoms with Crippen LogP contribution >= 0.6 is 0 Å². The molecule has 4 heterocycles. The minimum absolute atomic E-state index is 0.102. The smallest absolute Gasteiger partial charge is 0.255 e. The highest BCUT2D eigenvalue weighted by molar-refractivity contribution is 6.06. The number of piperidine rings is 1. The van der Waals surface area contributed by atoms with Crippen molar-refractivity contribution in [3.05, 3.63) is 29.3 Å². The Labute approximate surface area is 151 Å². The van der Waals surface area contributed by atoms with Gasteiger partial charge in [-0.05, 0) is 31.4 Å². The van der Waals surface area contributed by atoms with E-state index < -0.39 is 6.04 Å². The third kappa shape index (κ3) is 2.41. The van der Waals surface area contributed by atoms with Gasteiger partial charge in [0.15, 0.2) is 0 Å². The maximum atomic E-state index is 12.9. The van der Waals surface area contributed by atoms with Crippen molar-refractivity contribution in [1.29, 1.82) is 0 Å². The number of rotatable bonds is 2. The van der Waals surface area contributed by atoms with Crippen LogP contribution in [0.15, 0.2) is 18.2 Å². The van der Waals surface area contributed by atoms with Gasteiger partial charge in [-0.3, -0.25) is 19.7 Å². The van der Waals surface area contributed by atoms with Gasteiger partial charge in [0.2, 0.25) is 11.8 Å². The van der Waals surface area contributed by atoms with Gasteiger partial charge in [-0.2, -0.15) is 0 Å². The van der Waals surface area contributed by atoms with Crippen LogP contribution in [-0.4, -0.2) is 53.8 Å². The first kappa shape index (κ1) is 15.8. The average molecular weight is 354 g/mol. The van der Waals surface area contributed by atoms with Crippen LogP contribution in [0.4, 0.5) is 5.69 Å². The Morgan fingerprint density at radius 2 is 1.77 bits per heavy atom. The topological polar surface area (TPSA) is 81.8 Å². The molecule has 3 fully saturated rings. The van der Waals surface area contributed by atoms with Crippen LogP contribution in [0.2, 0.25) is 0 Å². The van der Waals surface area contributed by atoms with E-state index in [9.17, 15) is 14.4 Å². The Morgan fingerprint density at radius 3 is 2.50 bits per heavy atom. The zero-order valence-corrected chi connectivity index (χ0v) is 14.5. The maximum absolute atomic E-state index is 12.9. The summed E-state index contributed by atoms with van der Waals surface area (Å²) in [5.74, 6) is -0.717. The molecule has 0 saturated carbocycles. The third-order valence-corrected chi connectivity index (χ3v) is 6.11. The first-order valence-electron chi connectivity index (χ1n) is 9.37. The lowest BCUT2D eigenvalue weighted by Gasteiger charge is -2.35. The number of benzene rings is 1. The van der Waals surface area contributed by atoms with Crippen molar-refractivity contribution in [2.45, 2.75) is 50.4 Å². The molecule has 136 valence electrons. The molecule has 3 unspecified atom stereocenters. The lowest BCUT2D eigenvalue weighted by Crippen LogP contribution is -2.52. The van der Waals surface area contributed by atoms with Gasteiger partial charge < -0.3 is 15.1 Å². The zero-order chi connectivity index (χ0) is 17.8. The summed E-state index contributed by atoms with van der Waals surface area (Å²) in [6, 6.07) is 6.36. The number of anilines is 1. The van der Waals surface area contributed by atoms with E-state index in [0.717, 1.165) is 24.3 Å². The third-order valence-electron chi connectivity index (χ3n) is 6.11. The number of amides is 3. The molecule has 0 aliphatic carbocycles. The second-order valence-electron chi connectivity index (χ2n) is 7.75. The lowest BCUT2D eigenvalue weighted by molar-refractivity contribution is -0.136. The molecule has 3 saturated heterocycles. The van der Waals surface area contributed by atoms with Crippen molar-refractivity contribution in [1.82, 2.24) is 15.5 Å². The number of nitrogens with one attached hydrogen (secondary N) is 2. The summed E-state index contributed by atoms with van der Waals surface area (Å²) in [6.07, 6.45) is 3.09. The number of hydrogen-bond acceptors (Lipinski definition) is 5. The van der Waals surface area contributed by atoms with Crippen molar-refractivity contribution in [3.63, 3.8) is 0 Å². The second-order valence-corrected chi connectivity index (χ2v) is 7.75. The summed E-state index contributed by atoms with van der Waals surface area (Å²) in [5.41, 5.74) is 2.82. The fraction of sp³-hybridized carbons (Fsp3) is 0.526. The highest BCUT2D eigenvalue weighted by Crippen LogP contribution is 2.36. The van der Waals surface area contributed by atoms with Crippen LogP contribution < -0.4 is 15.5 Å². The number of fused-ring (bicyclic) bond motifs is 3. The standard InChI is InChI=1S/C19H22N4O3/c24-17-7-6-16(18(25)21-17)23-10-14-13(19(23)26)2-1-3-15(14)22-8-11-4-5-12(9-22)20-11/h1-3,11-12,16,20H,4-10H2,(H,21,24,25). The van der Waals surface area contributed by atoms with Gasteiger partial charge in [-0.25, -0.2) is 0 Å². The van der Waals surface area contributed by atoms with Crippen LogP contribution in [0, 0.1) is 0 Å². The van der Waals surface area contributed by atoms with E-state index in [1.807, 2.05) is 12.1 Å². The minimum Gasteiger partial charge on any atom is -0.368 e. The predicted molar refractivity (Wildman–Crippen MR) is 94.6 cm³/mol. The number of carbonyl (C=O) groups excluding carboxylic acids is 3. The summed E-state index contributed by atoms with van der Waals surface area (Å²) in [5, 5.41) is 5.99. The fourth-order valence-corrected chi connectivity index (χ4v) is 4.86. The summed E-state index contributed by atoms with van der Waals surface area (Å²) in [4.78, 5) is 40.6. The SMILES string of the molecule is O=C1CCC(N2Cc3c(cccc3N3CC4CCC(C3)N4)C2=O)C(=O)N1. The molecule has 2 bridgehead atoms. The van der Waals surface area contributed by atoms with Crippen molar-refractivity contribution < 1.29 is 14.4 Å². The molecule has 4 aliphatic heterocycles. The van der Waals surface area contributed by atoms with E-state index in [1.54, 1.807) is 4.90 Å². The Bertz CT molecular complexity index is 796. The molecule has 26 heavy (non-hydrogen) atoms. The number of hydrogen-bond donors (Lipinski definition) is 2. The molecule has 5 rings (SSSR count). The van der Waals surface area contributed by atoms with Crippen LogP contribution in [0.3, 0.4) is 0 Å². The number of piperazine rings is 1. The van der Waals surface area contributed by atoms with Crippen molar-refractivity contribution in [2.24, 2.45) is 0 Å². The molecule has 3 atom stereocenters. The van der Waals surface area contributed by atoms with E-state index in [0.29, 0.717) is 30.6 Å². The zero-order valence-electron chi connectivity index (χ0n) is 14.5. The highest BCUT2D eigenvalue weighted by atomic mass is 16.2. The van der Waals surface area contributed by atoms with Gasteiger partial charge in [0.25, 0.3) is 5.91 Å². The molecule has 0 radical (unpaired) electrons. The molecule has 0 spiro atoms. The maximum Gasteiger partial charge on any atom is 0.255 e. The Morgan fingerprint density at radius 1 is 1.00 bits per heavy atom. The van der Waals surface area contributed by atoms with E-state index >= 15 is 0 Å². The van der Waals surface area contributed by atoms with E-state index in [-0.39, 0.29) is 24.1 Å². The van der Waals surface area contributed by atoms with Gasteiger partial charge in [0, 0.05) is 55.0 Å². The Hall–Kier alpha value is -2.41. The quantitative estimate of drug-likeness (QED) is 0.751. The van der Waals surface area contributed by atoms with Crippen molar-refractivity contribution in [2.75, 3.05) is 18.0 Å². The highest BCUT2D eigenvalue weighted by Gasteiger charge is 2.41. The number of imide groups is 1.